The van der Waals surface area contributed by atoms with Crippen LogP contribution < -0.4 is 0 Å². The van der Waals surface area contributed by atoms with Crippen molar-refractivity contribution < 1.29 is 4.39 Å². The van der Waals surface area contributed by atoms with Crippen molar-refractivity contribution in [1.82, 2.24) is 9.97 Å². The van der Waals surface area contributed by atoms with E-state index in [-0.39, 0.29) is 5.82 Å². The second-order valence-electron chi connectivity index (χ2n) is 4.89. The Morgan fingerprint density at radius 1 is 1.16 bits per heavy atom. The molecule has 4 heteroatoms. The Labute approximate surface area is 116 Å². The summed E-state index contributed by atoms with van der Waals surface area (Å²) in [5.74, 6) is 0.109. The van der Waals surface area contributed by atoms with E-state index in [9.17, 15) is 4.39 Å². The van der Waals surface area contributed by atoms with Crippen molar-refractivity contribution in [2.45, 2.75) is 32.6 Å². The van der Waals surface area contributed by atoms with Crippen LogP contribution in [-0.2, 0) is 12.8 Å². The smallest absolute Gasteiger partial charge is 0.162 e. The third-order valence-corrected chi connectivity index (χ3v) is 3.79. The summed E-state index contributed by atoms with van der Waals surface area (Å²) in [6.45, 7) is 1.97. The van der Waals surface area contributed by atoms with Gasteiger partial charge in [0, 0.05) is 16.4 Å². The molecule has 2 aromatic rings. The fraction of sp³-hybridized carbons (Fsp3) is 0.333. The Balaban J connectivity index is 2.15. The highest BCUT2D eigenvalue weighted by atomic mass is 35.5. The summed E-state index contributed by atoms with van der Waals surface area (Å²) in [4.78, 5) is 8.99. The van der Waals surface area contributed by atoms with Crippen molar-refractivity contribution in [3.05, 3.63) is 46.0 Å². The maximum Gasteiger partial charge on any atom is 0.162 e. The lowest BCUT2D eigenvalue weighted by Gasteiger charge is -2.17. The minimum Gasteiger partial charge on any atom is -0.233 e. The molecule has 0 atom stereocenters. The molecule has 3 rings (SSSR count). The monoisotopic (exact) mass is 276 g/mol. The molecule has 1 aromatic carbocycles. The lowest BCUT2D eigenvalue weighted by atomic mass is 9.95. The highest BCUT2D eigenvalue weighted by molar-refractivity contribution is 6.30. The number of aromatic nitrogens is 2. The number of hydrogen-bond donors (Lipinski definition) is 0. The fourth-order valence-corrected chi connectivity index (χ4v) is 2.74. The second kappa shape index (κ2) is 4.89. The van der Waals surface area contributed by atoms with Gasteiger partial charge in [-0.1, -0.05) is 11.6 Å². The Morgan fingerprint density at radius 3 is 2.79 bits per heavy atom. The topological polar surface area (TPSA) is 25.8 Å². The molecule has 1 heterocycles. The third-order valence-electron chi connectivity index (χ3n) is 3.56. The van der Waals surface area contributed by atoms with Crippen LogP contribution in [0, 0.1) is 12.7 Å². The lowest BCUT2D eigenvalue weighted by molar-refractivity contribution is 0.627. The molecule has 0 radical (unpaired) electrons. The van der Waals surface area contributed by atoms with Gasteiger partial charge in [0.15, 0.2) is 5.82 Å². The number of benzene rings is 1. The van der Waals surface area contributed by atoms with Crippen molar-refractivity contribution in [2.24, 2.45) is 0 Å². The highest BCUT2D eigenvalue weighted by Crippen LogP contribution is 2.27. The summed E-state index contributed by atoms with van der Waals surface area (Å²) in [6, 6.07) is 4.47. The number of nitrogens with zero attached hydrogens (tertiary/aromatic N) is 2. The maximum absolute atomic E-state index is 13.9. The molecule has 0 amide bonds. The van der Waals surface area contributed by atoms with Gasteiger partial charge in [0.05, 0.1) is 5.56 Å². The highest BCUT2D eigenvalue weighted by Gasteiger charge is 2.17. The van der Waals surface area contributed by atoms with Crippen molar-refractivity contribution in [3.63, 3.8) is 0 Å². The van der Waals surface area contributed by atoms with Crippen molar-refractivity contribution >= 4 is 11.6 Å². The largest absolute Gasteiger partial charge is 0.233 e. The Morgan fingerprint density at radius 2 is 1.95 bits per heavy atom. The number of rotatable bonds is 1. The van der Waals surface area contributed by atoms with E-state index in [0.29, 0.717) is 16.4 Å². The van der Waals surface area contributed by atoms with Crippen LogP contribution >= 0.6 is 11.6 Å². The summed E-state index contributed by atoms with van der Waals surface area (Å²) in [6.07, 6.45) is 4.30. The first-order valence-corrected chi connectivity index (χ1v) is 6.85. The zero-order chi connectivity index (χ0) is 13.4. The molecule has 0 saturated carbocycles. The predicted octanol–water partition coefficient (Wildman–Crippen LogP) is 4.12. The van der Waals surface area contributed by atoms with Crippen molar-refractivity contribution in [1.29, 1.82) is 0 Å². The van der Waals surface area contributed by atoms with Gasteiger partial charge >= 0.3 is 0 Å². The summed E-state index contributed by atoms with van der Waals surface area (Å²) in [5, 5.41) is 0.496. The molecule has 0 aliphatic heterocycles. The molecule has 0 unspecified atom stereocenters. The van der Waals surface area contributed by atoms with Gasteiger partial charge in [0.1, 0.15) is 5.82 Å². The summed E-state index contributed by atoms with van der Waals surface area (Å²) < 4.78 is 13.9. The van der Waals surface area contributed by atoms with Crippen LogP contribution in [0.2, 0.25) is 5.02 Å². The van der Waals surface area contributed by atoms with E-state index in [1.54, 1.807) is 6.07 Å². The van der Waals surface area contributed by atoms with Crippen LogP contribution in [0.3, 0.4) is 0 Å². The average molecular weight is 277 g/mol. The van der Waals surface area contributed by atoms with E-state index >= 15 is 0 Å². The SMILES string of the molecule is Cc1nc(-c2cc(Cl)ccc2F)nc2c1CCCC2. The van der Waals surface area contributed by atoms with Gasteiger partial charge in [-0.05, 0) is 56.4 Å². The van der Waals surface area contributed by atoms with Gasteiger partial charge in [-0.2, -0.15) is 0 Å². The molecule has 1 aliphatic carbocycles. The van der Waals surface area contributed by atoms with Crippen LogP contribution in [0.4, 0.5) is 4.39 Å². The van der Waals surface area contributed by atoms with Gasteiger partial charge < -0.3 is 0 Å². The van der Waals surface area contributed by atoms with Crippen molar-refractivity contribution in [2.75, 3.05) is 0 Å². The molecule has 0 N–H and O–H groups in total. The number of fused-ring (bicyclic) bond motifs is 1. The summed E-state index contributed by atoms with van der Waals surface area (Å²) in [5.41, 5.74) is 3.63. The minimum atomic E-state index is -0.334. The third kappa shape index (κ3) is 2.35. The van der Waals surface area contributed by atoms with E-state index in [4.69, 9.17) is 11.6 Å². The van der Waals surface area contributed by atoms with Crippen LogP contribution in [0.25, 0.3) is 11.4 Å². The molecular formula is C15H14ClFN2. The summed E-state index contributed by atoms with van der Waals surface area (Å²) in [7, 11) is 0. The minimum absolute atomic E-state index is 0.334. The number of halogens is 2. The standard InChI is InChI=1S/C15H14ClFN2/c1-9-11-4-2-3-5-14(11)19-15(18-9)12-8-10(16)6-7-13(12)17/h6-8H,2-5H2,1H3. The van der Waals surface area contributed by atoms with E-state index in [1.165, 1.54) is 24.1 Å². The maximum atomic E-state index is 13.9. The zero-order valence-corrected chi connectivity index (χ0v) is 11.5. The molecule has 98 valence electrons. The zero-order valence-electron chi connectivity index (χ0n) is 10.7. The lowest BCUT2D eigenvalue weighted by Crippen LogP contribution is -2.10. The van der Waals surface area contributed by atoms with Crippen LogP contribution in [0.1, 0.15) is 29.8 Å². The molecule has 0 bridgehead atoms. The quantitative estimate of drug-likeness (QED) is 0.783. The normalized spacial score (nSPS) is 14.3. The molecule has 1 aliphatic rings. The first kappa shape index (κ1) is 12.5. The molecule has 1 aromatic heterocycles. The van der Waals surface area contributed by atoms with Gasteiger partial charge in [-0.3, -0.25) is 0 Å². The van der Waals surface area contributed by atoms with Crippen LogP contribution in [0.15, 0.2) is 18.2 Å². The molecule has 0 spiro atoms. The van der Waals surface area contributed by atoms with Gasteiger partial charge in [-0.15, -0.1) is 0 Å². The van der Waals surface area contributed by atoms with E-state index < -0.39 is 0 Å². The second-order valence-corrected chi connectivity index (χ2v) is 5.33. The van der Waals surface area contributed by atoms with E-state index in [0.717, 1.165) is 30.7 Å². The first-order valence-electron chi connectivity index (χ1n) is 6.47. The number of hydrogen-bond acceptors (Lipinski definition) is 2. The van der Waals surface area contributed by atoms with Gasteiger partial charge in [0.25, 0.3) is 0 Å². The average Bonchev–Trinajstić information content (AvgIpc) is 2.41. The molecular weight excluding hydrogens is 263 g/mol. The van der Waals surface area contributed by atoms with Crippen LogP contribution in [0.5, 0.6) is 0 Å². The predicted molar refractivity (Wildman–Crippen MR) is 73.8 cm³/mol. The fourth-order valence-electron chi connectivity index (χ4n) is 2.57. The van der Waals surface area contributed by atoms with Crippen molar-refractivity contribution in [3.8, 4) is 11.4 Å². The molecule has 2 nitrogen and oxygen atoms in total. The summed E-state index contributed by atoms with van der Waals surface area (Å²) >= 11 is 5.93. The molecule has 0 fully saturated rings. The van der Waals surface area contributed by atoms with E-state index in [2.05, 4.69) is 9.97 Å². The van der Waals surface area contributed by atoms with Gasteiger partial charge in [-0.25, -0.2) is 14.4 Å². The molecule has 0 saturated heterocycles. The van der Waals surface area contributed by atoms with Crippen LogP contribution in [-0.4, -0.2) is 9.97 Å². The number of aryl methyl sites for hydroxylation is 2. The molecule has 19 heavy (non-hydrogen) atoms. The Bertz CT molecular complexity index is 640. The Hall–Kier alpha value is -1.48. The van der Waals surface area contributed by atoms with Gasteiger partial charge in [0.2, 0.25) is 0 Å². The first-order chi connectivity index (χ1) is 9.15. The van der Waals surface area contributed by atoms with E-state index in [1.807, 2.05) is 6.92 Å². The Kier molecular flexibility index (Phi) is 3.23.